The van der Waals surface area contributed by atoms with Crippen molar-refractivity contribution >= 4 is 28.9 Å². The molecule has 2 rings (SSSR count). The molecular weight excluding hydrogens is 290 g/mol. The molecule has 0 aliphatic heterocycles. The van der Waals surface area contributed by atoms with Gasteiger partial charge >= 0.3 is 0 Å². The van der Waals surface area contributed by atoms with Crippen molar-refractivity contribution in [3.63, 3.8) is 0 Å². The Balaban J connectivity index is 2.30. The van der Waals surface area contributed by atoms with Gasteiger partial charge in [-0.1, -0.05) is 11.6 Å². The first-order valence-corrected chi connectivity index (χ1v) is 6.92. The van der Waals surface area contributed by atoms with E-state index in [1.807, 2.05) is 18.4 Å². The highest BCUT2D eigenvalue weighted by molar-refractivity contribution is 6.31. The molecule has 1 aromatic carbocycles. The molecule has 112 valence electrons. The van der Waals surface area contributed by atoms with E-state index in [-0.39, 0.29) is 11.9 Å². The van der Waals surface area contributed by atoms with Crippen LogP contribution < -0.4 is 15.8 Å². The highest BCUT2D eigenvalue weighted by Gasteiger charge is 2.16. The Morgan fingerprint density at radius 2 is 2.10 bits per heavy atom. The van der Waals surface area contributed by atoms with Crippen LogP contribution in [-0.4, -0.2) is 17.6 Å². The molecule has 5 nitrogen and oxygen atoms in total. The van der Waals surface area contributed by atoms with Gasteiger partial charge in [-0.25, -0.2) is 0 Å². The first-order chi connectivity index (χ1) is 9.92. The summed E-state index contributed by atoms with van der Waals surface area (Å²) in [5.41, 5.74) is 7.33. The van der Waals surface area contributed by atoms with Crippen molar-refractivity contribution in [3.8, 4) is 5.75 Å². The fraction of sp³-hybridized carbons (Fsp3) is 0.267. The summed E-state index contributed by atoms with van der Waals surface area (Å²) in [6, 6.07) is 6.85. The zero-order valence-electron chi connectivity index (χ0n) is 12.2. The number of nitrogen functional groups attached to an aromatic ring is 1. The SMILES string of the molecule is COc1ccc(N)c(NC(=O)c2cc(Cl)cn2C(C)C)c1. The predicted molar refractivity (Wildman–Crippen MR) is 85.2 cm³/mol. The van der Waals surface area contributed by atoms with Gasteiger partial charge in [-0.2, -0.15) is 0 Å². The summed E-state index contributed by atoms with van der Waals surface area (Å²) in [5, 5.41) is 3.31. The first-order valence-electron chi connectivity index (χ1n) is 6.54. The van der Waals surface area contributed by atoms with Crippen LogP contribution in [0.15, 0.2) is 30.5 Å². The molecule has 0 radical (unpaired) electrons. The van der Waals surface area contributed by atoms with Gasteiger partial charge in [-0.3, -0.25) is 4.79 Å². The summed E-state index contributed by atoms with van der Waals surface area (Å²) >= 11 is 5.99. The fourth-order valence-corrected chi connectivity index (χ4v) is 2.22. The molecule has 2 aromatic rings. The van der Waals surface area contributed by atoms with Gasteiger partial charge in [0.2, 0.25) is 0 Å². The van der Waals surface area contributed by atoms with Gasteiger partial charge in [0.15, 0.2) is 0 Å². The summed E-state index contributed by atoms with van der Waals surface area (Å²) in [6.07, 6.45) is 1.73. The summed E-state index contributed by atoms with van der Waals surface area (Å²) in [7, 11) is 1.56. The number of hydrogen-bond acceptors (Lipinski definition) is 3. The standard InChI is InChI=1S/C15H18ClN3O2/c1-9(2)19-8-10(16)6-14(19)15(20)18-13-7-11(21-3)4-5-12(13)17/h4-9H,17H2,1-3H3,(H,18,20). The second kappa shape index (κ2) is 6.10. The lowest BCUT2D eigenvalue weighted by atomic mass is 10.2. The van der Waals surface area contributed by atoms with Crippen LogP contribution in [0.25, 0.3) is 0 Å². The largest absolute Gasteiger partial charge is 0.497 e. The van der Waals surface area contributed by atoms with Gasteiger partial charge in [0, 0.05) is 18.3 Å². The molecule has 3 N–H and O–H groups in total. The van der Waals surface area contributed by atoms with Crippen molar-refractivity contribution in [2.75, 3.05) is 18.2 Å². The van der Waals surface area contributed by atoms with E-state index in [2.05, 4.69) is 5.32 Å². The molecule has 21 heavy (non-hydrogen) atoms. The molecule has 1 amide bonds. The van der Waals surface area contributed by atoms with Gasteiger partial charge in [0.1, 0.15) is 11.4 Å². The van der Waals surface area contributed by atoms with Gasteiger partial charge in [-0.05, 0) is 32.0 Å². The van der Waals surface area contributed by atoms with Crippen LogP contribution in [0.5, 0.6) is 5.75 Å². The number of aromatic nitrogens is 1. The maximum absolute atomic E-state index is 12.4. The molecule has 0 bridgehead atoms. The van der Waals surface area contributed by atoms with E-state index in [4.69, 9.17) is 22.1 Å². The Hall–Kier alpha value is -2.14. The Morgan fingerprint density at radius 3 is 2.71 bits per heavy atom. The Labute approximate surface area is 128 Å². The van der Waals surface area contributed by atoms with Crippen molar-refractivity contribution in [3.05, 3.63) is 41.2 Å². The number of ether oxygens (including phenoxy) is 1. The lowest BCUT2D eigenvalue weighted by Crippen LogP contribution is -2.18. The van der Waals surface area contributed by atoms with Crippen LogP contribution in [0, 0.1) is 0 Å². The molecule has 0 aliphatic rings. The van der Waals surface area contributed by atoms with E-state index in [1.54, 1.807) is 37.6 Å². The lowest BCUT2D eigenvalue weighted by Gasteiger charge is -2.14. The molecule has 0 unspecified atom stereocenters. The second-order valence-electron chi connectivity index (χ2n) is 4.95. The average molecular weight is 308 g/mol. The Bertz CT molecular complexity index is 665. The highest BCUT2D eigenvalue weighted by Crippen LogP contribution is 2.26. The van der Waals surface area contributed by atoms with E-state index in [0.717, 1.165) is 0 Å². The van der Waals surface area contributed by atoms with E-state index in [0.29, 0.717) is 27.8 Å². The third-order valence-corrected chi connectivity index (χ3v) is 3.32. The third-order valence-electron chi connectivity index (χ3n) is 3.11. The van der Waals surface area contributed by atoms with Crippen LogP contribution in [0.2, 0.25) is 5.02 Å². The van der Waals surface area contributed by atoms with Crippen molar-refractivity contribution in [1.29, 1.82) is 0 Å². The lowest BCUT2D eigenvalue weighted by molar-refractivity contribution is 0.101. The van der Waals surface area contributed by atoms with E-state index < -0.39 is 0 Å². The van der Waals surface area contributed by atoms with Gasteiger partial charge in [0.05, 0.1) is 23.5 Å². The third kappa shape index (κ3) is 3.31. The van der Waals surface area contributed by atoms with E-state index in [1.165, 1.54) is 0 Å². The number of rotatable bonds is 4. The molecule has 0 aliphatic carbocycles. The summed E-state index contributed by atoms with van der Waals surface area (Å²) in [5.74, 6) is 0.354. The number of carbonyl (C=O) groups excluding carboxylic acids is 1. The smallest absolute Gasteiger partial charge is 0.272 e. The number of anilines is 2. The maximum Gasteiger partial charge on any atom is 0.272 e. The molecule has 0 saturated heterocycles. The summed E-state index contributed by atoms with van der Waals surface area (Å²) in [4.78, 5) is 12.4. The molecule has 0 saturated carbocycles. The number of hydrogen-bond donors (Lipinski definition) is 2. The predicted octanol–water partition coefficient (Wildman–Crippen LogP) is 3.57. The minimum Gasteiger partial charge on any atom is -0.497 e. The molecule has 0 spiro atoms. The highest BCUT2D eigenvalue weighted by atomic mass is 35.5. The van der Waals surface area contributed by atoms with Crippen molar-refractivity contribution in [2.45, 2.75) is 19.9 Å². The fourth-order valence-electron chi connectivity index (χ4n) is 2.01. The normalized spacial score (nSPS) is 10.7. The van der Waals surface area contributed by atoms with Crippen molar-refractivity contribution in [1.82, 2.24) is 4.57 Å². The van der Waals surface area contributed by atoms with Gasteiger partial charge < -0.3 is 20.4 Å². The molecule has 1 aromatic heterocycles. The van der Waals surface area contributed by atoms with Crippen molar-refractivity contribution < 1.29 is 9.53 Å². The van der Waals surface area contributed by atoms with Crippen LogP contribution in [0.1, 0.15) is 30.4 Å². The Kier molecular flexibility index (Phi) is 4.43. The monoisotopic (exact) mass is 307 g/mol. The zero-order chi connectivity index (χ0) is 15.6. The number of amides is 1. The number of carbonyl (C=O) groups is 1. The van der Waals surface area contributed by atoms with E-state index in [9.17, 15) is 4.79 Å². The second-order valence-corrected chi connectivity index (χ2v) is 5.39. The maximum atomic E-state index is 12.4. The number of nitrogens with one attached hydrogen (secondary N) is 1. The number of methoxy groups -OCH3 is 1. The van der Waals surface area contributed by atoms with Gasteiger partial charge in [-0.15, -0.1) is 0 Å². The van der Waals surface area contributed by atoms with Crippen LogP contribution in [-0.2, 0) is 0 Å². The minimum absolute atomic E-state index is 0.126. The average Bonchev–Trinajstić information content (AvgIpc) is 2.83. The molecule has 1 heterocycles. The Morgan fingerprint density at radius 1 is 1.38 bits per heavy atom. The van der Waals surface area contributed by atoms with Crippen molar-refractivity contribution in [2.24, 2.45) is 0 Å². The topological polar surface area (TPSA) is 69.3 Å². The first kappa shape index (κ1) is 15.3. The number of nitrogens with two attached hydrogens (primary N) is 1. The van der Waals surface area contributed by atoms with Crippen LogP contribution in [0.4, 0.5) is 11.4 Å². The molecule has 0 fully saturated rings. The molecular formula is C15H18ClN3O2. The summed E-state index contributed by atoms with van der Waals surface area (Å²) in [6.45, 7) is 3.96. The van der Waals surface area contributed by atoms with Crippen LogP contribution in [0.3, 0.4) is 0 Å². The number of benzene rings is 1. The van der Waals surface area contributed by atoms with Gasteiger partial charge in [0.25, 0.3) is 5.91 Å². The zero-order valence-corrected chi connectivity index (χ0v) is 12.9. The minimum atomic E-state index is -0.268. The number of halogens is 1. The van der Waals surface area contributed by atoms with E-state index >= 15 is 0 Å². The van der Waals surface area contributed by atoms with Crippen LogP contribution >= 0.6 is 11.6 Å². The quantitative estimate of drug-likeness (QED) is 0.848. The summed E-state index contributed by atoms with van der Waals surface area (Å²) < 4.78 is 6.94. The molecule has 6 heteroatoms. The molecule has 0 atom stereocenters. The number of nitrogens with zero attached hydrogens (tertiary/aromatic N) is 1.